The molecule has 1 atom stereocenters. The van der Waals surface area contributed by atoms with Crippen molar-refractivity contribution in [2.24, 2.45) is 0 Å². The number of hydrogen-bond acceptors (Lipinski definition) is 10. The van der Waals surface area contributed by atoms with Gasteiger partial charge in [0, 0.05) is 22.7 Å². The van der Waals surface area contributed by atoms with Crippen LogP contribution < -0.4 is 25.8 Å². The zero-order valence-electron chi connectivity index (χ0n) is 21.1. The molecule has 40 heavy (non-hydrogen) atoms. The van der Waals surface area contributed by atoms with Gasteiger partial charge in [0.2, 0.25) is 0 Å². The van der Waals surface area contributed by atoms with Gasteiger partial charge >= 0.3 is 6.01 Å². The first-order valence-corrected chi connectivity index (χ1v) is 13.2. The van der Waals surface area contributed by atoms with Gasteiger partial charge in [0.15, 0.2) is 11.6 Å². The summed E-state index contributed by atoms with van der Waals surface area (Å²) in [5.41, 5.74) is 12.9. The quantitative estimate of drug-likeness (QED) is 0.269. The molecule has 0 spiro atoms. The highest BCUT2D eigenvalue weighted by Gasteiger charge is 2.33. The van der Waals surface area contributed by atoms with E-state index in [0.29, 0.717) is 18.2 Å². The molecular weight excluding hydrogens is 560 g/mol. The van der Waals surface area contributed by atoms with E-state index in [1.807, 2.05) is 24.0 Å². The third kappa shape index (κ3) is 3.73. The molecule has 0 saturated heterocycles. The molecule has 3 aromatic heterocycles. The van der Waals surface area contributed by atoms with Crippen molar-refractivity contribution in [3.8, 4) is 29.0 Å². The SMILES string of the molecule is COc1nc2c3c(c(Cl)c(-c4ccc(F)c5sc(N)c(C#N)c45)c(F)c3n1)OCCN2[C@H](C)c1cccnc1N. The normalized spacial score (nSPS) is 13.7. The van der Waals surface area contributed by atoms with Crippen LogP contribution in [0.25, 0.3) is 32.1 Å². The number of benzene rings is 2. The average Bonchev–Trinajstić information content (AvgIpc) is 3.17. The number of nitrogens with zero attached hydrogens (tertiary/aromatic N) is 5. The van der Waals surface area contributed by atoms with Gasteiger partial charge < -0.3 is 25.8 Å². The van der Waals surface area contributed by atoms with Crippen molar-refractivity contribution in [1.29, 1.82) is 5.26 Å². The van der Waals surface area contributed by atoms with Crippen LogP contribution in [0, 0.1) is 23.0 Å². The molecule has 1 aliphatic rings. The van der Waals surface area contributed by atoms with Crippen LogP contribution in [0.2, 0.25) is 5.02 Å². The van der Waals surface area contributed by atoms with Gasteiger partial charge in [-0.25, -0.2) is 13.8 Å². The van der Waals surface area contributed by atoms with Crippen molar-refractivity contribution >= 4 is 60.6 Å². The number of thiophene rings is 1. The maximum atomic E-state index is 16.6. The molecule has 1 aliphatic heterocycles. The zero-order valence-corrected chi connectivity index (χ0v) is 22.7. The molecule has 4 N–H and O–H groups in total. The van der Waals surface area contributed by atoms with Crippen LogP contribution in [0.3, 0.4) is 0 Å². The Morgan fingerprint density at radius 2 is 2.02 bits per heavy atom. The van der Waals surface area contributed by atoms with Crippen molar-refractivity contribution in [2.45, 2.75) is 13.0 Å². The Balaban J connectivity index is 1.68. The second-order valence-corrected chi connectivity index (χ2v) is 10.5. The molecule has 4 heterocycles. The Morgan fingerprint density at radius 3 is 2.75 bits per heavy atom. The first-order valence-electron chi connectivity index (χ1n) is 12.0. The molecular formula is C27H20ClF2N7O2S. The predicted octanol–water partition coefficient (Wildman–Crippen LogP) is 5.84. The number of nitriles is 1. The van der Waals surface area contributed by atoms with Crippen LogP contribution in [0.1, 0.15) is 24.1 Å². The van der Waals surface area contributed by atoms with Crippen molar-refractivity contribution in [3.05, 3.63) is 58.2 Å². The Kier molecular flexibility index (Phi) is 6.20. The fourth-order valence-corrected chi connectivity index (χ4v) is 6.38. The Labute approximate surface area is 235 Å². The number of nitrogen functional groups attached to an aromatic ring is 2. The minimum absolute atomic E-state index is 0.0341. The van der Waals surface area contributed by atoms with Gasteiger partial charge in [-0.15, -0.1) is 11.3 Å². The minimum atomic E-state index is -0.814. The highest BCUT2D eigenvalue weighted by molar-refractivity contribution is 7.23. The van der Waals surface area contributed by atoms with Crippen LogP contribution in [-0.2, 0) is 0 Å². The Hall–Kier alpha value is -4.47. The number of methoxy groups -OCH3 is 1. The topological polar surface area (TPSA) is 136 Å². The summed E-state index contributed by atoms with van der Waals surface area (Å²) in [4.78, 5) is 15.0. The van der Waals surface area contributed by atoms with E-state index in [9.17, 15) is 9.65 Å². The molecule has 0 aliphatic carbocycles. The van der Waals surface area contributed by atoms with Gasteiger partial charge in [0.05, 0.1) is 40.4 Å². The maximum Gasteiger partial charge on any atom is 0.318 e. The monoisotopic (exact) mass is 579 g/mol. The predicted molar refractivity (Wildman–Crippen MR) is 151 cm³/mol. The first-order chi connectivity index (χ1) is 19.3. The fraction of sp³-hybridized carbons (Fsp3) is 0.185. The van der Waals surface area contributed by atoms with E-state index in [1.54, 1.807) is 12.3 Å². The van der Waals surface area contributed by atoms with Gasteiger partial charge in [0.1, 0.15) is 40.6 Å². The number of aromatic nitrogens is 3. The second-order valence-electron chi connectivity index (χ2n) is 9.04. The number of pyridine rings is 1. The summed E-state index contributed by atoms with van der Waals surface area (Å²) >= 11 is 7.79. The summed E-state index contributed by atoms with van der Waals surface area (Å²) < 4.78 is 43.0. The summed E-state index contributed by atoms with van der Waals surface area (Å²) in [6.45, 7) is 2.43. The minimum Gasteiger partial charge on any atom is -0.489 e. The van der Waals surface area contributed by atoms with Crippen LogP contribution in [0.4, 0.5) is 25.4 Å². The van der Waals surface area contributed by atoms with Crippen molar-refractivity contribution < 1.29 is 18.3 Å². The van der Waals surface area contributed by atoms with Crippen molar-refractivity contribution in [2.75, 3.05) is 36.6 Å². The largest absolute Gasteiger partial charge is 0.489 e. The number of ether oxygens (including phenoxy) is 2. The van der Waals surface area contributed by atoms with Crippen LogP contribution in [-0.4, -0.2) is 35.2 Å². The summed E-state index contributed by atoms with van der Waals surface area (Å²) in [6, 6.07) is 7.76. The zero-order chi connectivity index (χ0) is 28.3. The molecule has 13 heteroatoms. The fourth-order valence-electron chi connectivity index (χ4n) is 5.09. The van der Waals surface area contributed by atoms with E-state index in [-0.39, 0.29) is 72.1 Å². The lowest BCUT2D eigenvalue weighted by Gasteiger charge is -2.30. The molecule has 0 fully saturated rings. The van der Waals surface area contributed by atoms with Gasteiger partial charge in [-0.2, -0.15) is 15.2 Å². The molecule has 0 amide bonds. The lowest BCUT2D eigenvalue weighted by Crippen LogP contribution is -2.31. The van der Waals surface area contributed by atoms with Crippen LogP contribution >= 0.6 is 22.9 Å². The third-order valence-electron chi connectivity index (χ3n) is 6.96. The molecule has 0 unspecified atom stereocenters. The smallest absolute Gasteiger partial charge is 0.318 e. The number of halogens is 3. The number of hydrogen-bond donors (Lipinski definition) is 2. The lowest BCUT2D eigenvalue weighted by molar-refractivity contribution is 0.328. The summed E-state index contributed by atoms with van der Waals surface area (Å²) in [5.74, 6) is -0.570. The van der Waals surface area contributed by atoms with Crippen molar-refractivity contribution in [1.82, 2.24) is 15.0 Å². The molecule has 0 bridgehead atoms. The molecule has 0 saturated carbocycles. The van der Waals surface area contributed by atoms with E-state index >= 15 is 4.39 Å². The molecule has 202 valence electrons. The van der Waals surface area contributed by atoms with E-state index in [1.165, 1.54) is 19.2 Å². The highest BCUT2D eigenvalue weighted by atomic mass is 35.5. The number of fused-ring (bicyclic) bond motifs is 1. The molecule has 0 radical (unpaired) electrons. The second kappa shape index (κ2) is 9.62. The van der Waals surface area contributed by atoms with Gasteiger partial charge in [0.25, 0.3) is 0 Å². The number of anilines is 3. The van der Waals surface area contributed by atoms with Crippen LogP contribution in [0.15, 0.2) is 30.5 Å². The molecule has 2 aromatic carbocycles. The molecule has 5 aromatic rings. The highest BCUT2D eigenvalue weighted by Crippen LogP contribution is 2.51. The average molecular weight is 580 g/mol. The lowest BCUT2D eigenvalue weighted by atomic mass is 9.96. The maximum absolute atomic E-state index is 16.6. The summed E-state index contributed by atoms with van der Waals surface area (Å²) in [5, 5.41) is 10.2. The van der Waals surface area contributed by atoms with E-state index in [2.05, 4.69) is 15.0 Å². The first kappa shape index (κ1) is 25.8. The number of nitrogens with two attached hydrogens (primary N) is 2. The number of rotatable bonds is 4. The van der Waals surface area contributed by atoms with Crippen molar-refractivity contribution in [3.63, 3.8) is 0 Å². The van der Waals surface area contributed by atoms with Crippen LogP contribution in [0.5, 0.6) is 11.8 Å². The summed E-state index contributed by atoms with van der Waals surface area (Å²) in [7, 11) is 1.38. The Bertz CT molecular complexity index is 1890. The Morgan fingerprint density at radius 1 is 1.23 bits per heavy atom. The van der Waals surface area contributed by atoms with E-state index < -0.39 is 11.6 Å². The molecule has 6 rings (SSSR count). The molecule has 9 nitrogen and oxygen atoms in total. The van der Waals surface area contributed by atoms with E-state index in [4.69, 9.17) is 32.5 Å². The van der Waals surface area contributed by atoms with E-state index in [0.717, 1.165) is 16.9 Å². The van der Waals surface area contributed by atoms with Gasteiger partial charge in [-0.3, -0.25) is 0 Å². The third-order valence-corrected chi connectivity index (χ3v) is 8.35. The summed E-state index contributed by atoms with van der Waals surface area (Å²) in [6.07, 6.45) is 1.60. The standard InChI is InChI=1S/C27H20ClF2N7O2S/c1-11(12-4-3-7-34-24(12)32)37-8-9-39-22-18-21(35-27(38-2)36-26(18)37)20(30)17(19(22)28)13-5-6-15(29)23-16(13)14(10-31)25(33)40-23/h3-7,11H,8-9,33H2,1-2H3,(H2,32,34)/t11-/m1/s1. The van der Waals surface area contributed by atoms with Gasteiger partial charge in [-0.1, -0.05) is 23.7 Å². The van der Waals surface area contributed by atoms with Gasteiger partial charge in [-0.05, 0) is 24.6 Å².